The van der Waals surface area contributed by atoms with E-state index in [-0.39, 0.29) is 30.7 Å². The van der Waals surface area contributed by atoms with E-state index in [1.54, 1.807) is 33.6 Å². The number of aliphatic carboxylic acids is 1. The number of hydrogen-bond acceptors (Lipinski definition) is 6. The van der Waals surface area contributed by atoms with E-state index in [1.165, 1.54) is 12.8 Å². The fourth-order valence-corrected chi connectivity index (χ4v) is 5.68. The Morgan fingerprint density at radius 1 is 1.22 bits per heavy atom. The van der Waals surface area contributed by atoms with Crippen molar-refractivity contribution < 1.29 is 19.5 Å². The molecule has 2 atom stereocenters. The lowest BCUT2D eigenvalue weighted by atomic mass is 9.81. The van der Waals surface area contributed by atoms with E-state index in [1.807, 2.05) is 13.1 Å². The van der Waals surface area contributed by atoms with Crippen molar-refractivity contribution >= 4 is 23.4 Å². The number of nitrogens with one attached hydrogen (secondary N) is 2. The number of aryl methyl sites for hydroxylation is 1. The molecule has 0 aromatic carbocycles. The third-order valence-corrected chi connectivity index (χ3v) is 7.78. The number of fused-ring (bicyclic) bond motifs is 1. The van der Waals surface area contributed by atoms with Gasteiger partial charge in [-0.05, 0) is 50.3 Å². The van der Waals surface area contributed by atoms with Crippen LogP contribution in [-0.4, -0.2) is 53.8 Å². The summed E-state index contributed by atoms with van der Waals surface area (Å²) < 4.78 is 3.30. The summed E-state index contributed by atoms with van der Waals surface area (Å²) in [5, 5.41) is 24.5. The highest BCUT2D eigenvalue weighted by Gasteiger charge is 2.49. The van der Waals surface area contributed by atoms with Crippen molar-refractivity contribution in [1.29, 1.82) is 0 Å². The lowest BCUT2D eigenvalue weighted by Gasteiger charge is -2.26. The van der Waals surface area contributed by atoms with Crippen molar-refractivity contribution in [1.82, 2.24) is 35.0 Å². The molecule has 37 heavy (non-hydrogen) atoms. The van der Waals surface area contributed by atoms with E-state index < -0.39 is 17.3 Å². The van der Waals surface area contributed by atoms with E-state index in [4.69, 9.17) is 4.98 Å². The molecule has 1 aliphatic heterocycles. The van der Waals surface area contributed by atoms with Crippen molar-refractivity contribution in [3.8, 4) is 0 Å². The quantitative estimate of drug-likeness (QED) is 0.314. The predicted octanol–water partition coefficient (Wildman–Crippen LogP) is 2.52. The van der Waals surface area contributed by atoms with Crippen molar-refractivity contribution in [3.05, 3.63) is 47.7 Å². The average molecular weight is 508 g/mol. The second-order valence-corrected chi connectivity index (χ2v) is 10.1. The molecule has 196 valence electrons. The van der Waals surface area contributed by atoms with Gasteiger partial charge in [-0.2, -0.15) is 10.2 Å². The van der Waals surface area contributed by atoms with Gasteiger partial charge in [0.05, 0.1) is 23.6 Å². The molecular formula is C26H33N7O4. The van der Waals surface area contributed by atoms with Crippen molar-refractivity contribution in [2.45, 2.75) is 70.9 Å². The Morgan fingerprint density at radius 2 is 2.00 bits per heavy atom. The van der Waals surface area contributed by atoms with E-state index in [0.29, 0.717) is 30.1 Å². The van der Waals surface area contributed by atoms with Crippen LogP contribution in [0.1, 0.15) is 79.8 Å². The fraction of sp³-hybridized carbons (Fsp3) is 0.538. The molecule has 1 aliphatic carbocycles. The second kappa shape index (κ2) is 10.3. The summed E-state index contributed by atoms with van der Waals surface area (Å²) in [5.41, 5.74) is 0.824. The van der Waals surface area contributed by atoms with Crippen LogP contribution < -0.4 is 10.6 Å². The molecule has 1 saturated heterocycles. The Labute approximate surface area is 214 Å². The standard InChI is InChI=1S/C26H33N7O4/c1-2-32-20(11-13-28-32)23(34)30-22(17-7-5-3-4-6-8-17)19-16-33-21(29-19)10-9-18(31-33)15-26(25(36)37)12-14-27-24(26)35/h9-11,13,16-17,22H,2-8,12,14-15H2,1H3,(H,27,35)(H,30,34)(H,36,37)/t22-,26-/m0/s1. The fourth-order valence-electron chi connectivity index (χ4n) is 5.68. The minimum absolute atomic E-state index is 0.00141. The van der Waals surface area contributed by atoms with E-state index >= 15 is 0 Å². The smallest absolute Gasteiger partial charge is 0.319 e. The van der Waals surface area contributed by atoms with Gasteiger partial charge in [0.2, 0.25) is 5.91 Å². The van der Waals surface area contributed by atoms with Crippen molar-refractivity contribution in [2.24, 2.45) is 11.3 Å². The second-order valence-electron chi connectivity index (χ2n) is 10.1. The van der Waals surface area contributed by atoms with Gasteiger partial charge in [-0.1, -0.05) is 25.7 Å². The zero-order chi connectivity index (χ0) is 26.0. The number of aromatic nitrogens is 5. The molecular weight excluding hydrogens is 474 g/mol. The number of imidazole rings is 1. The molecule has 2 aliphatic rings. The first-order chi connectivity index (χ1) is 17.9. The Morgan fingerprint density at radius 3 is 2.68 bits per heavy atom. The number of rotatable bonds is 8. The van der Waals surface area contributed by atoms with Gasteiger partial charge in [0.15, 0.2) is 11.1 Å². The monoisotopic (exact) mass is 507 g/mol. The molecule has 11 nitrogen and oxygen atoms in total. The Balaban J connectivity index is 1.45. The maximum Gasteiger partial charge on any atom is 0.319 e. The molecule has 3 aromatic heterocycles. The molecule has 11 heteroatoms. The summed E-state index contributed by atoms with van der Waals surface area (Å²) in [6.07, 6.45) is 10.3. The molecule has 5 rings (SSSR count). The minimum Gasteiger partial charge on any atom is -0.480 e. The Bertz CT molecular complexity index is 1310. The Kier molecular flexibility index (Phi) is 6.94. The number of carbonyl (C=O) groups is 3. The lowest BCUT2D eigenvalue weighted by Crippen LogP contribution is -2.40. The summed E-state index contributed by atoms with van der Waals surface area (Å²) in [7, 11) is 0. The van der Waals surface area contributed by atoms with Gasteiger partial charge in [-0.3, -0.25) is 19.1 Å². The summed E-state index contributed by atoms with van der Waals surface area (Å²) >= 11 is 0. The normalized spacial score (nSPS) is 21.5. The van der Waals surface area contributed by atoms with Crippen molar-refractivity contribution in [2.75, 3.05) is 6.54 Å². The number of carboxylic acids is 1. The van der Waals surface area contributed by atoms with E-state index in [0.717, 1.165) is 31.4 Å². The van der Waals surface area contributed by atoms with Gasteiger partial charge in [0.25, 0.3) is 5.91 Å². The van der Waals surface area contributed by atoms with Gasteiger partial charge in [0.1, 0.15) is 5.69 Å². The summed E-state index contributed by atoms with van der Waals surface area (Å²) in [4.78, 5) is 42.4. The zero-order valence-electron chi connectivity index (χ0n) is 21.0. The predicted molar refractivity (Wildman–Crippen MR) is 134 cm³/mol. The highest BCUT2D eigenvalue weighted by Crippen LogP contribution is 2.34. The van der Waals surface area contributed by atoms with Crippen LogP contribution in [-0.2, 0) is 22.6 Å². The van der Waals surface area contributed by atoms with Crippen LogP contribution in [0.3, 0.4) is 0 Å². The first-order valence-electron chi connectivity index (χ1n) is 13.1. The topological polar surface area (TPSA) is 144 Å². The van der Waals surface area contributed by atoms with Gasteiger partial charge < -0.3 is 15.7 Å². The Hall–Kier alpha value is -3.76. The first-order valence-corrected chi connectivity index (χ1v) is 13.1. The summed E-state index contributed by atoms with van der Waals surface area (Å²) in [6.45, 7) is 2.88. The van der Waals surface area contributed by atoms with Crippen LogP contribution in [0.5, 0.6) is 0 Å². The largest absolute Gasteiger partial charge is 0.480 e. The highest BCUT2D eigenvalue weighted by molar-refractivity contribution is 6.03. The van der Waals surface area contributed by atoms with E-state index in [9.17, 15) is 19.5 Å². The van der Waals surface area contributed by atoms with Crippen LogP contribution in [0.25, 0.3) is 5.65 Å². The third kappa shape index (κ3) is 4.82. The maximum absolute atomic E-state index is 13.3. The highest BCUT2D eigenvalue weighted by atomic mass is 16.4. The van der Waals surface area contributed by atoms with Crippen LogP contribution in [0.4, 0.5) is 0 Å². The lowest BCUT2D eigenvalue weighted by molar-refractivity contribution is -0.153. The maximum atomic E-state index is 13.3. The van der Waals surface area contributed by atoms with Gasteiger partial charge in [-0.15, -0.1) is 0 Å². The number of carboxylic acid groups (broad SMARTS) is 1. The molecule has 1 saturated carbocycles. The molecule has 3 N–H and O–H groups in total. The molecule has 2 fully saturated rings. The van der Waals surface area contributed by atoms with Crippen LogP contribution in [0.15, 0.2) is 30.6 Å². The number of carbonyl (C=O) groups excluding carboxylic acids is 2. The average Bonchev–Trinajstić information content (AvgIpc) is 3.56. The number of nitrogens with zero attached hydrogens (tertiary/aromatic N) is 5. The molecule has 0 bridgehead atoms. The molecule has 3 aromatic rings. The van der Waals surface area contributed by atoms with Gasteiger partial charge in [0, 0.05) is 25.7 Å². The first kappa shape index (κ1) is 24.9. The van der Waals surface area contributed by atoms with E-state index in [2.05, 4.69) is 20.8 Å². The van der Waals surface area contributed by atoms with Crippen molar-refractivity contribution in [3.63, 3.8) is 0 Å². The van der Waals surface area contributed by atoms with Crippen LogP contribution in [0, 0.1) is 11.3 Å². The molecule has 0 radical (unpaired) electrons. The summed E-state index contributed by atoms with van der Waals surface area (Å²) in [6, 6.07) is 4.94. The summed E-state index contributed by atoms with van der Waals surface area (Å²) in [5.74, 6) is -1.56. The zero-order valence-corrected chi connectivity index (χ0v) is 21.0. The van der Waals surface area contributed by atoms with Gasteiger partial charge in [-0.25, -0.2) is 9.50 Å². The van der Waals surface area contributed by atoms with Gasteiger partial charge >= 0.3 is 5.97 Å². The van der Waals surface area contributed by atoms with Crippen LogP contribution in [0.2, 0.25) is 0 Å². The molecule has 0 spiro atoms. The number of hydrogen-bond donors (Lipinski definition) is 3. The van der Waals surface area contributed by atoms with Crippen LogP contribution >= 0.6 is 0 Å². The minimum atomic E-state index is -1.51. The third-order valence-electron chi connectivity index (χ3n) is 7.78. The molecule has 0 unspecified atom stereocenters. The molecule has 2 amide bonds. The SMILES string of the molecule is CCn1nccc1C(=O)N[C@H](c1cn2nc(C[C@@]3(C(=O)O)CCNC3=O)ccc2n1)C1CCCCCC1. The number of amides is 2. The molecule has 4 heterocycles.